The summed E-state index contributed by atoms with van der Waals surface area (Å²) in [6, 6.07) is 22.9. The van der Waals surface area contributed by atoms with Crippen LogP contribution in [0.2, 0.25) is 0 Å². The van der Waals surface area contributed by atoms with E-state index in [0.717, 1.165) is 10.5 Å². The molecule has 0 spiro atoms. The minimum Gasteiger partial charge on any atom is -0.497 e. The first kappa shape index (κ1) is 19.9. The zero-order valence-electron chi connectivity index (χ0n) is 17.0. The fourth-order valence-electron chi connectivity index (χ4n) is 3.37. The number of carbonyl (C=O) groups excluding carboxylic acids is 2. The fraction of sp³-hybridized carbons (Fsp3) is 0.0800. The van der Waals surface area contributed by atoms with E-state index in [2.05, 4.69) is 5.32 Å². The molecule has 0 radical (unpaired) electrons. The molecule has 31 heavy (non-hydrogen) atoms. The summed E-state index contributed by atoms with van der Waals surface area (Å²) in [6.07, 6.45) is 0. The highest BCUT2D eigenvalue weighted by Gasteiger charge is 2.40. The number of carbonyl (C=O) groups is 2. The van der Waals surface area contributed by atoms with Crippen LogP contribution < -0.4 is 15.0 Å². The van der Waals surface area contributed by atoms with Gasteiger partial charge in [-0.05, 0) is 61.0 Å². The van der Waals surface area contributed by atoms with Gasteiger partial charge in [0.15, 0.2) is 0 Å². The maximum Gasteiger partial charge on any atom is 0.282 e. The number of hydrogen-bond acceptors (Lipinski definition) is 5. The number of aryl methyl sites for hydroxylation is 1. The SMILES string of the molecule is COc1ccc(NC2=C(c3ccc(C)cc3)C(=O)N(c3ccc(C#N)cc3)C2=O)cc1. The van der Waals surface area contributed by atoms with E-state index in [9.17, 15) is 9.59 Å². The predicted octanol–water partition coefficient (Wildman–Crippen LogP) is 4.27. The maximum atomic E-state index is 13.4. The van der Waals surface area contributed by atoms with E-state index < -0.39 is 11.8 Å². The van der Waals surface area contributed by atoms with Crippen LogP contribution in [0.3, 0.4) is 0 Å². The molecule has 0 aromatic heterocycles. The summed E-state index contributed by atoms with van der Waals surface area (Å²) in [4.78, 5) is 27.9. The van der Waals surface area contributed by atoms with Gasteiger partial charge in [-0.15, -0.1) is 0 Å². The molecule has 6 heteroatoms. The second-order valence-corrected chi connectivity index (χ2v) is 7.07. The molecule has 3 aromatic carbocycles. The number of nitrogens with one attached hydrogen (secondary N) is 1. The van der Waals surface area contributed by atoms with Crippen molar-refractivity contribution >= 4 is 28.8 Å². The first-order chi connectivity index (χ1) is 15.0. The molecule has 0 atom stereocenters. The van der Waals surface area contributed by atoms with E-state index in [-0.39, 0.29) is 5.70 Å². The van der Waals surface area contributed by atoms with Crippen LogP contribution in [0.25, 0.3) is 5.57 Å². The molecule has 0 saturated carbocycles. The molecule has 0 saturated heterocycles. The van der Waals surface area contributed by atoms with E-state index >= 15 is 0 Å². The number of methoxy groups -OCH3 is 1. The lowest BCUT2D eigenvalue weighted by molar-refractivity contribution is -0.120. The standard InChI is InChI=1S/C25H19N3O3/c1-16-3-7-18(8-4-16)22-23(27-19-9-13-21(31-2)14-10-19)25(30)28(24(22)29)20-11-5-17(15-26)6-12-20/h3-14,27H,1-2H3. The van der Waals surface area contributed by atoms with E-state index in [1.165, 1.54) is 0 Å². The van der Waals surface area contributed by atoms with Gasteiger partial charge in [0.1, 0.15) is 11.4 Å². The number of imide groups is 1. The molecule has 1 aliphatic heterocycles. The summed E-state index contributed by atoms with van der Waals surface area (Å²) in [5.41, 5.74) is 3.71. The lowest BCUT2D eigenvalue weighted by Gasteiger charge is -2.15. The third-order valence-corrected chi connectivity index (χ3v) is 5.04. The molecule has 0 fully saturated rings. The van der Waals surface area contributed by atoms with Gasteiger partial charge in [-0.25, -0.2) is 4.90 Å². The van der Waals surface area contributed by atoms with Crippen LogP contribution in [0.15, 0.2) is 78.5 Å². The Morgan fingerprint density at radius 2 is 1.52 bits per heavy atom. The Morgan fingerprint density at radius 3 is 2.10 bits per heavy atom. The van der Waals surface area contributed by atoms with Gasteiger partial charge in [0, 0.05) is 5.69 Å². The van der Waals surface area contributed by atoms with Crippen molar-refractivity contribution in [3.05, 3.63) is 95.2 Å². The Kier molecular flexibility index (Phi) is 5.25. The van der Waals surface area contributed by atoms with Crippen molar-refractivity contribution in [3.8, 4) is 11.8 Å². The van der Waals surface area contributed by atoms with Crippen LogP contribution in [0.1, 0.15) is 16.7 Å². The Labute approximate surface area is 180 Å². The second kappa shape index (κ2) is 8.17. The van der Waals surface area contributed by atoms with Gasteiger partial charge < -0.3 is 10.1 Å². The number of hydrogen-bond donors (Lipinski definition) is 1. The van der Waals surface area contributed by atoms with Crippen LogP contribution in [0.4, 0.5) is 11.4 Å². The molecule has 0 unspecified atom stereocenters. The van der Waals surface area contributed by atoms with Crippen molar-refractivity contribution in [2.75, 3.05) is 17.3 Å². The number of rotatable bonds is 5. The van der Waals surface area contributed by atoms with Gasteiger partial charge in [0.25, 0.3) is 11.8 Å². The third-order valence-electron chi connectivity index (χ3n) is 5.04. The highest BCUT2D eigenvalue weighted by atomic mass is 16.5. The number of nitrogens with zero attached hydrogens (tertiary/aromatic N) is 2. The van der Waals surface area contributed by atoms with Gasteiger partial charge in [0.05, 0.1) is 30.0 Å². The largest absolute Gasteiger partial charge is 0.497 e. The van der Waals surface area contributed by atoms with Crippen LogP contribution in [-0.2, 0) is 9.59 Å². The molecule has 2 amide bonds. The average Bonchev–Trinajstić information content (AvgIpc) is 3.04. The number of amides is 2. The molecular formula is C25H19N3O3. The third kappa shape index (κ3) is 3.77. The van der Waals surface area contributed by atoms with Crippen LogP contribution in [0.5, 0.6) is 5.75 Å². The van der Waals surface area contributed by atoms with E-state index in [4.69, 9.17) is 10.00 Å². The normalized spacial score (nSPS) is 13.4. The Hall–Kier alpha value is -4.37. The van der Waals surface area contributed by atoms with Crippen molar-refractivity contribution in [1.29, 1.82) is 5.26 Å². The predicted molar refractivity (Wildman–Crippen MR) is 118 cm³/mol. The Morgan fingerprint density at radius 1 is 0.871 bits per heavy atom. The Bertz CT molecular complexity index is 1220. The lowest BCUT2D eigenvalue weighted by atomic mass is 10.0. The topological polar surface area (TPSA) is 82.4 Å². The average molecular weight is 409 g/mol. The molecule has 3 aromatic rings. The zero-order chi connectivity index (χ0) is 22.0. The van der Waals surface area contributed by atoms with E-state index in [1.54, 1.807) is 55.6 Å². The second-order valence-electron chi connectivity index (χ2n) is 7.07. The molecule has 1 heterocycles. The van der Waals surface area contributed by atoms with Crippen LogP contribution >= 0.6 is 0 Å². The molecule has 1 N–H and O–H groups in total. The molecular weight excluding hydrogens is 390 g/mol. The lowest BCUT2D eigenvalue weighted by Crippen LogP contribution is -2.32. The van der Waals surface area contributed by atoms with Gasteiger partial charge in [0.2, 0.25) is 0 Å². The highest BCUT2D eigenvalue weighted by molar-refractivity contribution is 6.46. The first-order valence-corrected chi connectivity index (χ1v) is 9.63. The summed E-state index contributed by atoms with van der Waals surface area (Å²) in [5.74, 6) is -0.193. The van der Waals surface area contributed by atoms with Crippen molar-refractivity contribution in [3.63, 3.8) is 0 Å². The maximum absolute atomic E-state index is 13.4. The minimum atomic E-state index is -0.457. The number of ether oxygens (including phenoxy) is 1. The number of benzene rings is 3. The van der Waals surface area contributed by atoms with Gasteiger partial charge in [-0.3, -0.25) is 9.59 Å². The molecule has 152 valence electrons. The molecule has 4 rings (SSSR count). The highest BCUT2D eigenvalue weighted by Crippen LogP contribution is 2.34. The zero-order valence-corrected chi connectivity index (χ0v) is 17.0. The monoisotopic (exact) mass is 409 g/mol. The minimum absolute atomic E-state index is 0.198. The molecule has 0 bridgehead atoms. The number of nitriles is 1. The first-order valence-electron chi connectivity index (χ1n) is 9.63. The summed E-state index contributed by atoms with van der Waals surface area (Å²) in [5, 5.41) is 12.1. The van der Waals surface area contributed by atoms with Crippen LogP contribution in [0, 0.1) is 18.3 Å². The molecule has 6 nitrogen and oxygen atoms in total. The summed E-state index contributed by atoms with van der Waals surface area (Å²) < 4.78 is 5.18. The molecule has 1 aliphatic rings. The summed E-state index contributed by atoms with van der Waals surface area (Å²) >= 11 is 0. The van der Waals surface area contributed by atoms with Gasteiger partial charge >= 0.3 is 0 Å². The fourth-order valence-corrected chi connectivity index (χ4v) is 3.37. The summed E-state index contributed by atoms with van der Waals surface area (Å²) in [7, 11) is 1.58. The van der Waals surface area contributed by atoms with Crippen molar-refractivity contribution in [1.82, 2.24) is 0 Å². The quantitative estimate of drug-likeness (QED) is 0.637. The smallest absolute Gasteiger partial charge is 0.282 e. The van der Waals surface area contributed by atoms with E-state index in [1.807, 2.05) is 37.3 Å². The van der Waals surface area contributed by atoms with Crippen LogP contribution in [-0.4, -0.2) is 18.9 Å². The molecule has 0 aliphatic carbocycles. The van der Waals surface area contributed by atoms with Gasteiger partial charge in [-0.1, -0.05) is 29.8 Å². The number of anilines is 2. The Balaban J connectivity index is 1.78. The van der Waals surface area contributed by atoms with Crippen molar-refractivity contribution < 1.29 is 14.3 Å². The van der Waals surface area contributed by atoms with Gasteiger partial charge in [-0.2, -0.15) is 5.26 Å². The van der Waals surface area contributed by atoms with Crippen molar-refractivity contribution in [2.45, 2.75) is 6.92 Å². The summed E-state index contributed by atoms with van der Waals surface area (Å²) in [6.45, 7) is 1.96. The van der Waals surface area contributed by atoms with Crippen molar-refractivity contribution in [2.24, 2.45) is 0 Å². The van der Waals surface area contributed by atoms with E-state index in [0.29, 0.717) is 33.8 Å².